The Labute approximate surface area is 197 Å². The first-order valence-electron chi connectivity index (χ1n) is 10.5. The third kappa shape index (κ3) is 6.44. The van der Waals surface area contributed by atoms with Crippen molar-refractivity contribution >= 4 is 28.7 Å². The highest BCUT2D eigenvalue weighted by Crippen LogP contribution is 2.35. The summed E-state index contributed by atoms with van der Waals surface area (Å²) in [6.45, 7) is 6.26. The summed E-state index contributed by atoms with van der Waals surface area (Å²) in [5.41, 5.74) is 0.0628. The third-order valence-electron chi connectivity index (χ3n) is 4.34. The van der Waals surface area contributed by atoms with Gasteiger partial charge < -0.3 is 23.7 Å². The summed E-state index contributed by atoms with van der Waals surface area (Å²) in [6.07, 6.45) is 0. The number of benzene rings is 2. The molecule has 1 aromatic heterocycles. The van der Waals surface area contributed by atoms with Gasteiger partial charge in [-0.1, -0.05) is 13.8 Å². The number of rotatable bonds is 7. The predicted octanol–water partition coefficient (Wildman–Crippen LogP) is 4.84. The summed E-state index contributed by atoms with van der Waals surface area (Å²) in [5, 5.41) is 0.876. The van der Waals surface area contributed by atoms with Crippen LogP contribution in [0.25, 0.3) is 10.8 Å². The van der Waals surface area contributed by atoms with Gasteiger partial charge in [0, 0.05) is 24.6 Å². The summed E-state index contributed by atoms with van der Waals surface area (Å²) >= 11 is 0. The highest BCUT2D eigenvalue weighted by molar-refractivity contribution is 6.02. The maximum atomic E-state index is 12.3. The Balaban J connectivity index is 0.00000199. The minimum Gasteiger partial charge on any atom is -0.497 e. The molecule has 0 atom stereocenters. The number of ether oxygens (including phenoxy) is 5. The van der Waals surface area contributed by atoms with Crippen LogP contribution in [0.2, 0.25) is 0 Å². The van der Waals surface area contributed by atoms with Crippen molar-refractivity contribution in [2.45, 2.75) is 34.3 Å². The Morgan fingerprint density at radius 2 is 1.44 bits per heavy atom. The minimum absolute atomic E-state index is 0.0538. The first-order valence-corrected chi connectivity index (χ1v) is 10.5. The molecule has 0 aliphatic heterocycles. The van der Waals surface area contributed by atoms with E-state index in [1.807, 2.05) is 13.8 Å². The Hall–Kier alpha value is -4.14. The predicted molar refractivity (Wildman–Crippen MR) is 124 cm³/mol. The summed E-state index contributed by atoms with van der Waals surface area (Å²) in [5.74, 6) is -0.309. The number of fused-ring (bicyclic) bond motifs is 1. The topological polar surface area (TPSA) is 110 Å². The van der Waals surface area contributed by atoms with Gasteiger partial charge in [-0.05, 0) is 42.5 Å². The summed E-state index contributed by atoms with van der Waals surface area (Å²) in [4.78, 5) is 39.6. The molecule has 0 amide bonds. The molecular formula is C25H27NO8. The molecule has 0 bridgehead atoms. The molecule has 1 heterocycles. The smallest absolute Gasteiger partial charge is 0.360 e. The van der Waals surface area contributed by atoms with Crippen LogP contribution in [0.4, 0.5) is 0 Å². The van der Waals surface area contributed by atoms with E-state index in [1.54, 1.807) is 49.6 Å². The van der Waals surface area contributed by atoms with Crippen molar-refractivity contribution in [2.75, 3.05) is 14.2 Å². The number of carbonyl (C=O) groups excluding carboxylic acids is 3. The Bertz CT molecular complexity index is 1170. The number of nitrogens with zero attached hydrogens (tertiary/aromatic N) is 1. The van der Waals surface area contributed by atoms with E-state index < -0.39 is 17.9 Å². The van der Waals surface area contributed by atoms with Crippen molar-refractivity contribution in [3.8, 4) is 23.0 Å². The molecule has 0 aliphatic rings. The zero-order valence-electron chi connectivity index (χ0n) is 20.0. The van der Waals surface area contributed by atoms with Gasteiger partial charge in [0.1, 0.15) is 23.9 Å². The Kier molecular flexibility index (Phi) is 9.37. The number of hydrogen-bond acceptors (Lipinski definition) is 9. The van der Waals surface area contributed by atoms with Gasteiger partial charge in [0.15, 0.2) is 11.4 Å². The molecule has 0 saturated carbocycles. The van der Waals surface area contributed by atoms with Gasteiger partial charge in [0.05, 0.1) is 19.9 Å². The summed E-state index contributed by atoms with van der Waals surface area (Å²) < 4.78 is 26.2. The fourth-order valence-electron chi connectivity index (χ4n) is 2.94. The standard InChI is InChI=1S/C23H21NO8.C2H6/c1-13(25)30-12-20-19-11-17(32-16-7-5-15(28-3)6-8-16)9-10-18(19)22(31-14(2)26)21(24-20)23(27)29-4;1-2/h5-11H,12H2,1-4H3;1-2H3. The summed E-state index contributed by atoms with van der Waals surface area (Å²) in [6, 6.07) is 11.9. The molecule has 0 unspecified atom stereocenters. The van der Waals surface area contributed by atoms with E-state index in [2.05, 4.69) is 4.98 Å². The maximum Gasteiger partial charge on any atom is 0.360 e. The SMILES string of the molecule is CC.COC(=O)c1nc(COC(C)=O)c2cc(Oc3ccc(OC)cc3)ccc2c1OC(C)=O. The molecule has 0 saturated heterocycles. The number of methoxy groups -OCH3 is 2. The number of hydrogen-bond donors (Lipinski definition) is 0. The number of esters is 3. The molecule has 3 rings (SSSR count). The van der Waals surface area contributed by atoms with Gasteiger partial charge in [-0.3, -0.25) is 9.59 Å². The number of carbonyl (C=O) groups is 3. The van der Waals surface area contributed by atoms with Crippen LogP contribution in [-0.2, 0) is 25.7 Å². The molecule has 0 spiro atoms. The van der Waals surface area contributed by atoms with Crippen LogP contribution in [0.5, 0.6) is 23.0 Å². The normalized spacial score (nSPS) is 9.94. The lowest BCUT2D eigenvalue weighted by Crippen LogP contribution is -2.14. The van der Waals surface area contributed by atoms with E-state index in [0.717, 1.165) is 0 Å². The van der Waals surface area contributed by atoms with E-state index >= 15 is 0 Å². The molecule has 34 heavy (non-hydrogen) atoms. The van der Waals surface area contributed by atoms with E-state index in [1.165, 1.54) is 21.0 Å². The van der Waals surface area contributed by atoms with Crippen molar-refractivity contribution in [1.29, 1.82) is 0 Å². The van der Waals surface area contributed by atoms with Crippen molar-refractivity contribution in [2.24, 2.45) is 0 Å². The van der Waals surface area contributed by atoms with Crippen LogP contribution in [0, 0.1) is 0 Å². The first kappa shape index (κ1) is 26.1. The lowest BCUT2D eigenvalue weighted by atomic mass is 10.1. The number of pyridine rings is 1. The zero-order chi connectivity index (χ0) is 25.3. The van der Waals surface area contributed by atoms with E-state index in [0.29, 0.717) is 28.0 Å². The molecule has 9 nitrogen and oxygen atoms in total. The van der Waals surface area contributed by atoms with Crippen molar-refractivity contribution in [1.82, 2.24) is 4.98 Å². The van der Waals surface area contributed by atoms with Crippen LogP contribution in [-0.4, -0.2) is 37.1 Å². The average molecular weight is 469 g/mol. The molecule has 9 heteroatoms. The minimum atomic E-state index is -0.800. The largest absolute Gasteiger partial charge is 0.497 e. The van der Waals surface area contributed by atoms with Gasteiger partial charge in [-0.25, -0.2) is 9.78 Å². The van der Waals surface area contributed by atoms with E-state index in [9.17, 15) is 14.4 Å². The van der Waals surface area contributed by atoms with Gasteiger partial charge in [0.2, 0.25) is 0 Å². The fraction of sp³-hybridized carbons (Fsp3) is 0.280. The molecule has 0 radical (unpaired) electrons. The van der Waals surface area contributed by atoms with Crippen LogP contribution >= 0.6 is 0 Å². The second kappa shape index (κ2) is 12.2. The van der Waals surface area contributed by atoms with Crippen LogP contribution in [0.15, 0.2) is 42.5 Å². The van der Waals surface area contributed by atoms with Gasteiger partial charge in [-0.15, -0.1) is 0 Å². The van der Waals surface area contributed by atoms with E-state index in [-0.39, 0.29) is 23.7 Å². The molecule has 0 fully saturated rings. The molecule has 0 N–H and O–H groups in total. The lowest BCUT2D eigenvalue weighted by molar-refractivity contribution is -0.142. The van der Waals surface area contributed by atoms with Crippen LogP contribution in [0.3, 0.4) is 0 Å². The van der Waals surface area contributed by atoms with Crippen molar-refractivity contribution < 1.29 is 38.1 Å². The van der Waals surface area contributed by atoms with Gasteiger partial charge >= 0.3 is 17.9 Å². The monoisotopic (exact) mass is 469 g/mol. The fourth-order valence-corrected chi connectivity index (χ4v) is 2.94. The first-order chi connectivity index (χ1) is 16.3. The third-order valence-corrected chi connectivity index (χ3v) is 4.34. The van der Waals surface area contributed by atoms with Gasteiger partial charge in [-0.2, -0.15) is 0 Å². The van der Waals surface area contributed by atoms with Crippen molar-refractivity contribution in [3.05, 3.63) is 53.9 Å². The average Bonchev–Trinajstić information content (AvgIpc) is 2.84. The Morgan fingerprint density at radius 3 is 2.00 bits per heavy atom. The molecule has 180 valence electrons. The second-order valence-corrected chi connectivity index (χ2v) is 6.59. The maximum absolute atomic E-state index is 12.3. The molecule has 2 aromatic carbocycles. The van der Waals surface area contributed by atoms with Crippen LogP contribution < -0.4 is 14.2 Å². The van der Waals surface area contributed by atoms with E-state index in [4.69, 9.17) is 23.7 Å². The highest BCUT2D eigenvalue weighted by Gasteiger charge is 2.23. The highest BCUT2D eigenvalue weighted by atomic mass is 16.5. The quantitative estimate of drug-likeness (QED) is 0.449. The zero-order valence-corrected chi connectivity index (χ0v) is 20.0. The molecular weight excluding hydrogens is 442 g/mol. The number of aromatic nitrogens is 1. The molecule has 3 aromatic rings. The molecule has 0 aliphatic carbocycles. The Morgan fingerprint density at radius 1 is 0.824 bits per heavy atom. The summed E-state index contributed by atoms with van der Waals surface area (Å²) in [7, 11) is 2.75. The lowest BCUT2D eigenvalue weighted by Gasteiger charge is -2.15. The van der Waals surface area contributed by atoms with Gasteiger partial charge in [0.25, 0.3) is 0 Å². The second-order valence-electron chi connectivity index (χ2n) is 6.59. The van der Waals surface area contributed by atoms with Crippen molar-refractivity contribution in [3.63, 3.8) is 0 Å². The van der Waals surface area contributed by atoms with Crippen LogP contribution in [0.1, 0.15) is 43.9 Å².